The number of aliphatic hydroxyl groups excluding tert-OH is 7. The highest BCUT2D eigenvalue weighted by Gasteiger charge is 2.43. The molecule has 0 saturated carbocycles. The number of aliphatic hydroxyl groups is 7. The number of carbonyl (C=O) groups excluding carboxylic acids is 5. The van der Waals surface area contributed by atoms with Gasteiger partial charge in [-0.3, -0.25) is 28.8 Å². The first-order chi connectivity index (χ1) is 37.0. The third kappa shape index (κ3) is 24.6. The highest BCUT2D eigenvalue weighted by Crippen LogP contribution is 2.29. The van der Waals surface area contributed by atoms with E-state index in [1.165, 1.54) is 19.1 Å². The van der Waals surface area contributed by atoms with Gasteiger partial charge in [0.2, 0.25) is 0 Å². The van der Waals surface area contributed by atoms with Crippen molar-refractivity contribution in [1.82, 2.24) is 0 Å². The molecule has 2 aliphatic heterocycles. The highest BCUT2D eigenvalue weighted by molar-refractivity contribution is 5.97. The largest absolute Gasteiger partial charge is 0.481 e. The summed E-state index contributed by atoms with van der Waals surface area (Å²) in [6, 6.07) is 5.29. The third-order valence-electron chi connectivity index (χ3n) is 13.8. The molecule has 19 nitrogen and oxygen atoms in total. The van der Waals surface area contributed by atoms with Gasteiger partial charge in [-0.05, 0) is 75.1 Å². The number of anilines is 1. The van der Waals surface area contributed by atoms with E-state index in [9.17, 15) is 69.6 Å². The molecule has 16 atom stereocenters. The lowest BCUT2D eigenvalue weighted by Gasteiger charge is -2.41. The van der Waals surface area contributed by atoms with E-state index in [-0.39, 0.29) is 80.7 Å². The first kappa shape index (κ1) is 66.7. The van der Waals surface area contributed by atoms with Crippen LogP contribution in [0.5, 0.6) is 0 Å². The van der Waals surface area contributed by atoms with Crippen molar-refractivity contribution < 1.29 is 83.8 Å². The minimum absolute atomic E-state index is 0.0275. The van der Waals surface area contributed by atoms with Gasteiger partial charge < -0.3 is 66.5 Å². The highest BCUT2D eigenvalue weighted by atomic mass is 16.7. The summed E-state index contributed by atoms with van der Waals surface area (Å²) in [6.45, 7) is 7.07. The number of cyclic esters (lactones) is 1. The summed E-state index contributed by atoms with van der Waals surface area (Å²) in [7, 11) is 0. The second-order valence-electron chi connectivity index (χ2n) is 20.7. The minimum atomic E-state index is -1.88. The van der Waals surface area contributed by atoms with Gasteiger partial charge in [0.1, 0.15) is 41.9 Å². The Morgan fingerprint density at radius 1 is 0.705 bits per heavy atom. The van der Waals surface area contributed by atoms with Crippen LogP contribution in [0.3, 0.4) is 0 Å². The molecule has 0 amide bonds. The maximum absolute atomic E-state index is 13.3. The first-order valence-electron chi connectivity index (χ1n) is 26.8. The number of nitrogens with two attached hydrogens (primary N) is 2. The maximum Gasteiger partial charge on any atom is 0.313 e. The van der Waals surface area contributed by atoms with Crippen molar-refractivity contribution in [2.24, 2.45) is 29.4 Å². The van der Waals surface area contributed by atoms with Gasteiger partial charge in [-0.1, -0.05) is 106 Å². The van der Waals surface area contributed by atoms with Crippen LogP contribution in [0.25, 0.3) is 0 Å². The molecule has 2 heterocycles. The van der Waals surface area contributed by atoms with Gasteiger partial charge in [-0.2, -0.15) is 0 Å². The van der Waals surface area contributed by atoms with E-state index in [1.54, 1.807) is 91.1 Å². The predicted octanol–water partition coefficient (Wildman–Crippen LogP) is 4.64. The Hall–Kier alpha value is -5.58. The lowest BCUT2D eigenvalue weighted by atomic mass is 9.83. The monoisotopic (exact) mass is 1090 g/mol. The zero-order chi connectivity index (χ0) is 57.9. The van der Waals surface area contributed by atoms with E-state index in [4.69, 9.17) is 25.7 Å². The number of carbonyl (C=O) groups is 6. The number of Topliss-reactive ketones (excluding diaryl/α,β-unsaturated/α-hetero) is 4. The molecule has 12 N–H and O–H groups in total. The Balaban J connectivity index is 1.81. The molecular formula is C59H84N2O17. The Kier molecular flexibility index (Phi) is 30.0. The predicted molar refractivity (Wildman–Crippen MR) is 292 cm³/mol. The van der Waals surface area contributed by atoms with Crippen LogP contribution in [0.2, 0.25) is 0 Å². The summed E-state index contributed by atoms with van der Waals surface area (Å²) in [5.41, 5.74) is 12.7. The quantitative estimate of drug-likeness (QED) is 0.0660. The SMILES string of the molecule is CC1/C=C/C=C/C=C/C=C/C=C/C=C/C=C/C(OC2OC(C)C(O)C(N)C2O)CC(O)C(C(=O)O)C(O)CC(=O)CC(O)CCCC(O)CC(=O)CCCC(=O)CC(=O)OC1C(C)CC(C)C(O)CC(=O)c1ccc(N)cc1. The van der Waals surface area contributed by atoms with E-state index in [0.29, 0.717) is 17.7 Å². The standard InChI is InChI=1S/C59H84N2O17/c1-36-19-15-13-11-9-7-5-6-8-10-12-14-16-24-47(77-59-56(73)54(61)55(72)39(4)76-59)34-51(70)53(58(74)75)50(69)32-46(66)31-44(64)22-17-20-42(62)30-43(63)21-18-23-45(65)33-52(71)78-57(36)38(3)29-37(2)48(67)35-49(68)40-25-27-41(60)28-26-40/h5-16,19,24-28,36-39,42,44,47-48,50-51,53-57,59,62,64,67,69-70,72-73H,17-18,20-23,29-35,60-61H2,1-4H3,(H,74,75)/b6-5+,9-7+,10-8+,13-11+,14-12+,19-15+,24-16+. The fourth-order valence-corrected chi connectivity index (χ4v) is 9.27. The van der Waals surface area contributed by atoms with Crippen LogP contribution in [0, 0.1) is 23.7 Å². The third-order valence-corrected chi connectivity index (χ3v) is 13.8. The van der Waals surface area contributed by atoms with Crippen molar-refractivity contribution in [2.75, 3.05) is 5.73 Å². The summed E-state index contributed by atoms with van der Waals surface area (Å²) in [6.07, 6.45) is 8.45. The number of ketones is 4. The molecule has 1 aromatic rings. The summed E-state index contributed by atoms with van der Waals surface area (Å²) >= 11 is 0. The Morgan fingerprint density at radius 2 is 1.24 bits per heavy atom. The number of rotatable bonds is 10. The van der Waals surface area contributed by atoms with Crippen molar-refractivity contribution in [3.8, 4) is 0 Å². The van der Waals surface area contributed by atoms with Crippen LogP contribution in [-0.4, -0.2) is 149 Å². The molecule has 16 unspecified atom stereocenters. The van der Waals surface area contributed by atoms with Crippen LogP contribution in [0.1, 0.15) is 122 Å². The fraction of sp³-hybridized carbons (Fsp3) is 0.559. The lowest BCUT2D eigenvalue weighted by Crippen LogP contribution is -2.61. The molecule has 0 aliphatic carbocycles. The number of benzene rings is 1. The van der Waals surface area contributed by atoms with Crippen LogP contribution in [0.15, 0.2) is 109 Å². The number of nitrogen functional groups attached to an aromatic ring is 1. The smallest absolute Gasteiger partial charge is 0.313 e. The molecule has 78 heavy (non-hydrogen) atoms. The van der Waals surface area contributed by atoms with Gasteiger partial charge in [0.05, 0.1) is 54.9 Å². The molecule has 0 radical (unpaired) electrons. The van der Waals surface area contributed by atoms with E-state index in [1.807, 2.05) is 26.8 Å². The fourth-order valence-electron chi connectivity index (χ4n) is 9.27. The number of carboxylic acids is 1. The zero-order valence-electron chi connectivity index (χ0n) is 45.2. The average molecular weight is 1090 g/mol. The van der Waals surface area contributed by atoms with Gasteiger partial charge in [-0.25, -0.2) is 0 Å². The lowest BCUT2D eigenvalue weighted by molar-refractivity contribution is -0.277. The van der Waals surface area contributed by atoms with Crippen LogP contribution >= 0.6 is 0 Å². The Morgan fingerprint density at radius 3 is 1.82 bits per heavy atom. The van der Waals surface area contributed by atoms with Crippen molar-refractivity contribution in [1.29, 1.82) is 0 Å². The number of aliphatic carboxylic acids is 1. The summed E-state index contributed by atoms with van der Waals surface area (Å²) in [5.74, 6) is -6.97. The number of esters is 1. The molecule has 0 bridgehead atoms. The van der Waals surface area contributed by atoms with E-state index < -0.39 is 128 Å². The molecule has 1 fully saturated rings. The number of hydrogen-bond acceptors (Lipinski definition) is 18. The van der Waals surface area contributed by atoms with E-state index in [2.05, 4.69) is 0 Å². The molecule has 19 heteroatoms. The van der Waals surface area contributed by atoms with E-state index in [0.717, 1.165) is 0 Å². The van der Waals surface area contributed by atoms with E-state index >= 15 is 0 Å². The number of carboxylic acid groups (broad SMARTS) is 1. The normalized spacial score (nSPS) is 34.0. The molecule has 1 saturated heterocycles. The molecule has 432 valence electrons. The summed E-state index contributed by atoms with van der Waals surface area (Å²) in [5, 5.41) is 85.4. The van der Waals surface area contributed by atoms with Crippen molar-refractivity contribution >= 4 is 40.8 Å². The molecule has 1 aromatic carbocycles. The number of allylic oxidation sites excluding steroid dienone is 12. The maximum atomic E-state index is 13.3. The van der Waals surface area contributed by atoms with Crippen molar-refractivity contribution in [2.45, 2.75) is 185 Å². The van der Waals surface area contributed by atoms with Gasteiger partial charge >= 0.3 is 11.9 Å². The number of ether oxygens (including phenoxy) is 3. The van der Waals surface area contributed by atoms with Gasteiger partial charge in [0, 0.05) is 62.1 Å². The summed E-state index contributed by atoms with van der Waals surface area (Å²) in [4.78, 5) is 77.2. The zero-order valence-corrected chi connectivity index (χ0v) is 45.2. The number of hydrogen-bond donors (Lipinski definition) is 10. The van der Waals surface area contributed by atoms with Gasteiger partial charge in [0.15, 0.2) is 12.1 Å². The van der Waals surface area contributed by atoms with Crippen LogP contribution in [-0.2, 0) is 38.2 Å². The van der Waals surface area contributed by atoms with Crippen LogP contribution < -0.4 is 11.5 Å². The molecule has 3 rings (SSSR count). The second kappa shape index (κ2) is 35.1. The molecule has 0 spiro atoms. The van der Waals surface area contributed by atoms with Crippen molar-refractivity contribution in [3.05, 3.63) is 115 Å². The van der Waals surface area contributed by atoms with Crippen LogP contribution in [0.4, 0.5) is 5.69 Å². The first-order valence-corrected chi connectivity index (χ1v) is 26.8. The van der Waals surface area contributed by atoms with Crippen molar-refractivity contribution in [3.63, 3.8) is 0 Å². The molecule has 2 aliphatic rings. The van der Waals surface area contributed by atoms with Gasteiger partial charge in [-0.15, -0.1) is 0 Å². The second-order valence-corrected chi connectivity index (χ2v) is 20.7. The Labute approximate surface area is 457 Å². The minimum Gasteiger partial charge on any atom is -0.481 e. The summed E-state index contributed by atoms with van der Waals surface area (Å²) < 4.78 is 17.5. The average Bonchev–Trinajstić information content (AvgIpc) is 3.39. The molecular weight excluding hydrogens is 1010 g/mol. The molecule has 0 aromatic heterocycles. The van der Waals surface area contributed by atoms with Gasteiger partial charge in [0.25, 0.3) is 0 Å². The topological polar surface area (TPSA) is 344 Å². The Bertz CT molecular complexity index is 2270.